The normalized spacial score (nSPS) is 10.1. The van der Waals surface area contributed by atoms with Crippen LogP contribution in [0.4, 0.5) is 0 Å². The molecule has 0 aliphatic carbocycles. The van der Waals surface area contributed by atoms with Crippen LogP contribution in [0.1, 0.15) is 119 Å². The van der Waals surface area contributed by atoms with Crippen LogP contribution < -0.4 is 0 Å². The summed E-state index contributed by atoms with van der Waals surface area (Å²) >= 11 is 12.8. The van der Waals surface area contributed by atoms with E-state index in [4.69, 9.17) is 14.2 Å². The molecule has 6 nitrogen and oxygen atoms in total. The van der Waals surface area contributed by atoms with Crippen molar-refractivity contribution in [2.24, 2.45) is 17.8 Å². The molecule has 0 saturated carbocycles. The van der Waals surface area contributed by atoms with E-state index in [9.17, 15) is 14.4 Å². The second-order valence-corrected chi connectivity index (χ2v) is 11.8. The maximum atomic E-state index is 10.7. The first-order valence-electron chi connectivity index (χ1n) is 15.4. The van der Waals surface area contributed by atoms with E-state index < -0.39 is 0 Å². The summed E-state index contributed by atoms with van der Waals surface area (Å²) in [7, 11) is 0. The zero-order valence-corrected chi connectivity index (χ0v) is 33.3. The van der Waals surface area contributed by atoms with E-state index in [1.807, 2.05) is 0 Å². The van der Waals surface area contributed by atoms with Gasteiger partial charge < -0.3 is 14.2 Å². The molecule has 246 valence electrons. The topological polar surface area (TPSA) is 78.9 Å². The van der Waals surface area contributed by atoms with E-state index in [2.05, 4.69) is 84.4 Å². The summed E-state index contributed by atoms with van der Waals surface area (Å²) in [6.07, 6.45) is 13.9. The van der Waals surface area contributed by atoms with Crippen molar-refractivity contribution >= 4 is 78.3 Å². The van der Waals surface area contributed by atoms with Crippen LogP contribution in [0.15, 0.2) is 0 Å². The Bertz CT molecular complexity index is 488. The van der Waals surface area contributed by atoms with Crippen molar-refractivity contribution in [3.8, 4) is 0 Å². The van der Waals surface area contributed by atoms with Crippen molar-refractivity contribution in [1.82, 2.24) is 0 Å². The van der Waals surface area contributed by atoms with Gasteiger partial charge in [0.2, 0.25) is 0 Å². The van der Waals surface area contributed by atoms with Crippen molar-refractivity contribution < 1.29 is 28.6 Å². The number of ether oxygens (including phenoxy) is 3. The fraction of sp³-hybridized carbons (Fsp3) is 0.903. The molecule has 0 unspecified atom stereocenters. The Labute approximate surface area is 283 Å². The van der Waals surface area contributed by atoms with Gasteiger partial charge in [0, 0.05) is 0 Å². The van der Waals surface area contributed by atoms with Crippen molar-refractivity contribution in [3.05, 3.63) is 0 Å². The predicted molar refractivity (Wildman–Crippen MR) is 187 cm³/mol. The summed E-state index contributed by atoms with van der Waals surface area (Å²) < 4.78 is 14.6. The molecule has 0 aliphatic rings. The minimum atomic E-state index is -0.216. The molecule has 0 aromatic carbocycles. The maximum absolute atomic E-state index is 10.7. The van der Waals surface area contributed by atoms with Crippen molar-refractivity contribution in [2.75, 3.05) is 37.1 Å². The predicted octanol–water partition coefficient (Wildman–Crippen LogP) is 7.96. The Morgan fingerprint density at radius 2 is 0.683 bits per heavy atom. The van der Waals surface area contributed by atoms with Gasteiger partial charge in [-0.1, -0.05) is 99.3 Å². The number of hydrogen-bond donors (Lipinski definition) is 3. The van der Waals surface area contributed by atoms with E-state index in [1.54, 1.807) is 0 Å². The van der Waals surface area contributed by atoms with Gasteiger partial charge in [-0.05, 0) is 37.0 Å². The Hall–Kier alpha value is 0.259. The van der Waals surface area contributed by atoms with E-state index in [-0.39, 0.29) is 35.2 Å². The summed E-state index contributed by atoms with van der Waals surface area (Å²) in [5.41, 5.74) is 0. The van der Waals surface area contributed by atoms with Crippen molar-refractivity contribution in [2.45, 2.75) is 124 Å². The summed E-state index contributed by atoms with van der Waals surface area (Å²) in [6.45, 7) is 15.0. The molecule has 0 rings (SSSR count). The van der Waals surface area contributed by atoms with Gasteiger partial charge in [0.25, 0.3) is 0 Å². The zero-order chi connectivity index (χ0) is 32.3. The monoisotopic (exact) mass is 748 g/mol. The fourth-order valence-electron chi connectivity index (χ4n) is 3.19. The first-order chi connectivity index (χ1) is 19.5. The minimum absolute atomic E-state index is 0.187. The zero-order valence-electron chi connectivity index (χ0n) is 27.3. The van der Waals surface area contributed by atoms with Crippen LogP contribution in [0.3, 0.4) is 0 Å². The van der Waals surface area contributed by atoms with E-state index in [0.29, 0.717) is 19.8 Å². The Morgan fingerprint density at radius 3 is 0.854 bits per heavy atom. The Morgan fingerprint density at radius 1 is 0.463 bits per heavy atom. The van der Waals surface area contributed by atoms with Crippen LogP contribution in [0.2, 0.25) is 4.94 Å². The van der Waals surface area contributed by atoms with Crippen LogP contribution in [0.5, 0.6) is 0 Å². The second kappa shape index (κ2) is 40.3. The fourth-order valence-corrected chi connectivity index (χ4v) is 3.46. The average Bonchev–Trinajstić information content (AvgIpc) is 2.95. The van der Waals surface area contributed by atoms with Gasteiger partial charge in [0.1, 0.15) is 0 Å². The summed E-state index contributed by atoms with van der Waals surface area (Å²) in [6, 6.07) is 0. The molecule has 10 heteroatoms. The first-order valence-corrected chi connectivity index (χ1v) is 20.6. The van der Waals surface area contributed by atoms with Gasteiger partial charge in [-0.15, -0.1) is 0 Å². The van der Waals surface area contributed by atoms with Gasteiger partial charge in [-0.25, -0.2) is 0 Å². The molecular weight excluding hydrogens is 683 g/mol. The Kier molecular flexibility index (Phi) is 47.3. The first kappa shape index (κ1) is 48.2. The second-order valence-electron chi connectivity index (χ2n) is 10.9. The van der Waals surface area contributed by atoms with Crippen LogP contribution >= 0.6 is 37.9 Å². The third kappa shape index (κ3) is 53.3. The van der Waals surface area contributed by atoms with E-state index in [0.717, 1.165) is 56.3 Å². The van der Waals surface area contributed by atoms with Gasteiger partial charge >= 0.3 is 45.4 Å². The van der Waals surface area contributed by atoms with Gasteiger partial charge in [-0.3, -0.25) is 14.4 Å². The molecule has 0 aromatic rings. The molecule has 0 bridgehead atoms. The third-order valence-electron chi connectivity index (χ3n) is 5.45. The van der Waals surface area contributed by atoms with Gasteiger partial charge in [0.05, 0.1) is 37.1 Å². The molecule has 0 aromatic heterocycles. The molecule has 2 radical (unpaired) electrons. The van der Waals surface area contributed by atoms with E-state index in [1.165, 1.54) is 61.0 Å². The van der Waals surface area contributed by atoms with Crippen LogP contribution in [0, 0.1) is 17.8 Å². The number of carbonyl (C=O) groups excluding carboxylic acids is 3. The van der Waals surface area contributed by atoms with Crippen molar-refractivity contribution in [3.63, 3.8) is 0 Å². The number of unbranched alkanes of at least 4 members (excludes halogenated alkanes) is 6. The number of hydrogen-bond acceptors (Lipinski definition) is 9. The molecule has 0 saturated heterocycles. The number of thiol groups is 3. The summed E-state index contributed by atoms with van der Waals surface area (Å²) in [5, 5.41) is 0. The average molecular weight is 748 g/mol. The molecule has 0 fully saturated rings. The van der Waals surface area contributed by atoms with Crippen LogP contribution in [-0.2, 0) is 28.6 Å². The summed E-state index contributed by atoms with van der Waals surface area (Å²) in [4.78, 5) is 34.1. The van der Waals surface area contributed by atoms with E-state index >= 15 is 0 Å². The van der Waals surface area contributed by atoms with Gasteiger partial charge in [-0.2, -0.15) is 37.9 Å². The molecule has 41 heavy (non-hydrogen) atoms. The molecular formula is C31H64O6S3Sn. The third-order valence-corrected chi connectivity index (χ3v) is 6.23. The molecule has 0 heterocycles. The van der Waals surface area contributed by atoms with Crippen LogP contribution in [-0.4, -0.2) is 77.5 Å². The SMILES string of the molecule is CC(C)CCCCCOC(=O)CS.CC(C)CCCCCOC(=O)CS.CC(C)CCCCCOC(=O)CS.[CH3][SnH]. The van der Waals surface area contributed by atoms with Gasteiger partial charge in [0.15, 0.2) is 0 Å². The summed E-state index contributed by atoms with van der Waals surface area (Å²) in [5.74, 6) is 2.25. The van der Waals surface area contributed by atoms with Crippen molar-refractivity contribution in [1.29, 1.82) is 0 Å². The van der Waals surface area contributed by atoms with Crippen LogP contribution in [0.25, 0.3) is 0 Å². The molecule has 0 atom stereocenters. The quantitative estimate of drug-likeness (QED) is 0.0364. The standard InChI is InChI=1S/3C10H20O2S.CH3.Sn.H/c3*1-9(2)6-4-3-5-7-12-10(11)8-13;;;/h3*9,13H,3-8H2,1-2H3;1H3;;. The number of carbonyl (C=O) groups is 3. The molecule has 0 amide bonds. The Balaban J connectivity index is -0.000000243. The molecule has 0 N–H and O–H groups in total. The number of esters is 3. The molecule has 0 aliphatic heterocycles. The molecule has 0 spiro atoms. The number of rotatable bonds is 21.